The second kappa shape index (κ2) is 6.03. The summed E-state index contributed by atoms with van der Waals surface area (Å²) in [4.78, 5) is 20.1. The van der Waals surface area contributed by atoms with Crippen LogP contribution in [0.4, 0.5) is 4.79 Å². The molecular formula is C15H16ClN3OS. The number of nitrogens with zero attached hydrogens (tertiary/aromatic N) is 3. The van der Waals surface area contributed by atoms with Crippen molar-refractivity contribution in [1.82, 2.24) is 9.47 Å². The van der Waals surface area contributed by atoms with Crippen molar-refractivity contribution in [3.63, 3.8) is 0 Å². The van der Waals surface area contributed by atoms with Crippen molar-refractivity contribution in [1.29, 1.82) is 0 Å². The first-order valence-corrected chi connectivity index (χ1v) is 8.11. The van der Waals surface area contributed by atoms with Crippen molar-refractivity contribution in [2.24, 2.45) is 4.99 Å². The number of urea groups is 1. The molecule has 1 fully saturated rings. The van der Waals surface area contributed by atoms with Crippen LogP contribution in [0.3, 0.4) is 0 Å². The number of aryl methyl sites for hydroxylation is 1. The maximum Gasteiger partial charge on any atom is 0.346 e. The Labute approximate surface area is 132 Å². The maximum absolute atomic E-state index is 12.2. The molecule has 1 aromatic carbocycles. The van der Waals surface area contributed by atoms with Crippen molar-refractivity contribution < 1.29 is 4.79 Å². The number of likely N-dealkylation sites (tertiary alicyclic amines) is 1. The van der Waals surface area contributed by atoms with E-state index in [1.54, 1.807) is 4.90 Å². The Hall–Kier alpha value is -1.59. The lowest BCUT2D eigenvalue weighted by atomic mass is 10.3. The van der Waals surface area contributed by atoms with E-state index >= 15 is 0 Å². The monoisotopic (exact) mass is 321 g/mol. The molecule has 1 aliphatic rings. The molecule has 0 N–H and O–H groups in total. The summed E-state index contributed by atoms with van der Waals surface area (Å²) in [5.41, 5.74) is 0.955. The number of carbonyl (C=O) groups is 1. The number of hydrogen-bond donors (Lipinski definition) is 0. The molecule has 0 bridgehead atoms. The van der Waals surface area contributed by atoms with Gasteiger partial charge in [-0.25, -0.2) is 4.79 Å². The molecule has 21 heavy (non-hydrogen) atoms. The summed E-state index contributed by atoms with van der Waals surface area (Å²) >= 11 is 7.44. The Morgan fingerprint density at radius 3 is 2.57 bits per heavy atom. The average Bonchev–Trinajstić information content (AvgIpc) is 3.09. The van der Waals surface area contributed by atoms with Crippen LogP contribution in [0.5, 0.6) is 0 Å². The van der Waals surface area contributed by atoms with Crippen molar-refractivity contribution in [2.45, 2.75) is 19.8 Å². The van der Waals surface area contributed by atoms with Gasteiger partial charge in [-0.2, -0.15) is 4.99 Å². The molecule has 2 amide bonds. The largest absolute Gasteiger partial charge is 0.346 e. The molecule has 1 aliphatic heterocycles. The topological polar surface area (TPSA) is 37.6 Å². The van der Waals surface area contributed by atoms with E-state index in [1.165, 1.54) is 11.3 Å². The molecule has 4 nitrogen and oxygen atoms in total. The highest BCUT2D eigenvalue weighted by Gasteiger charge is 2.17. The van der Waals surface area contributed by atoms with Crippen LogP contribution in [0.25, 0.3) is 5.69 Å². The third kappa shape index (κ3) is 3.19. The van der Waals surface area contributed by atoms with Crippen LogP contribution < -0.4 is 4.80 Å². The molecule has 3 rings (SSSR count). The van der Waals surface area contributed by atoms with Gasteiger partial charge in [0.2, 0.25) is 0 Å². The molecule has 2 heterocycles. The standard InChI is InChI=1S/C15H16ClN3OS/c1-11-10-19(13-6-4-12(16)5-7-13)15(21-11)17-14(20)18-8-2-3-9-18/h4-7,10H,2-3,8-9H2,1H3/b17-15-. The van der Waals surface area contributed by atoms with Crippen molar-refractivity contribution in [2.75, 3.05) is 13.1 Å². The van der Waals surface area contributed by atoms with E-state index in [0.717, 1.165) is 36.5 Å². The Balaban J connectivity index is 1.99. The normalized spacial score (nSPS) is 15.7. The molecule has 110 valence electrons. The second-order valence-electron chi connectivity index (χ2n) is 5.06. The number of carbonyl (C=O) groups excluding carboxylic acids is 1. The molecule has 0 atom stereocenters. The second-order valence-corrected chi connectivity index (χ2v) is 6.71. The number of rotatable bonds is 1. The number of thiazole rings is 1. The van der Waals surface area contributed by atoms with Gasteiger partial charge in [0.05, 0.1) is 0 Å². The minimum Gasteiger partial charge on any atom is -0.323 e. The van der Waals surface area contributed by atoms with E-state index in [4.69, 9.17) is 11.6 Å². The number of hydrogen-bond acceptors (Lipinski definition) is 2. The van der Waals surface area contributed by atoms with Crippen molar-refractivity contribution in [3.8, 4) is 5.69 Å². The molecular weight excluding hydrogens is 306 g/mol. The van der Waals surface area contributed by atoms with Crippen LogP contribution in [0.15, 0.2) is 35.5 Å². The molecule has 0 saturated carbocycles. The van der Waals surface area contributed by atoms with Crippen molar-refractivity contribution >= 4 is 29.0 Å². The van der Waals surface area contributed by atoms with Gasteiger partial charge in [0.15, 0.2) is 4.80 Å². The first-order chi connectivity index (χ1) is 10.1. The van der Waals surface area contributed by atoms with E-state index < -0.39 is 0 Å². The lowest BCUT2D eigenvalue weighted by Crippen LogP contribution is -2.27. The maximum atomic E-state index is 12.2. The molecule has 1 aromatic heterocycles. The van der Waals surface area contributed by atoms with E-state index in [-0.39, 0.29) is 6.03 Å². The summed E-state index contributed by atoms with van der Waals surface area (Å²) in [5.74, 6) is 0. The third-order valence-electron chi connectivity index (χ3n) is 3.44. The Morgan fingerprint density at radius 1 is 1.24 bits per heavy atom. The first-order valence-electron chi connectivity index (χ1n) is 6.92. The van der Waals surface area contributed by atoms with Crippen molar-refractivity contribution in [3.05, 3.63) is 45.2 Å². The molecule has 6 heteroatoms. The Bertz CT molecular complexity index is 711. The Kier molecular flexibility index (Phi) is 4.12. The van der Waals surface area contributed by atoms with Gasteiger partial charge in [0.1, 0.15) is 0 Å². The highest BCUT2D eigenvalue weighted by Crippen LogP contribution is 2.14. The van der Waals surface area contributed by atoms with Crippen LogP contribution in [0.2, 0.25) is 5.02 Å². The third-order valence-corrected chi connectivity index (χ3v) is 4.59. The summed E-state index contributed by atoms with van der Waals surface area (Å²) in [5, 5.41) is 0.693. The lowest BCUT2D eigenvalue weighted by Gasteiger charge is -2.10. The van der Waals surface area contributed by atoms with E-state index in [9.17, 15) is 4.79 Å². The van der Waals surface area contributed by atoms with Gasteiger partial charge in [0.25, 0.3) is 0 Å². The van der Waals surface area contributed by atoms with Gasteiger partial charge in [-0.3, -0.25) is 4.57 Å². The smallest absolute Gasteiger partial charge is 0.323 e. The zero-order valence-corrected chi connectivity index (χ0v) is 13.3. The van der Waals surface area contributed by atoms with Gasteiger partial charge < -0.3 is 4.90 Å². The summed E-state index contributed by atoms with van der Waals surface area (Å²) in [6, 6.07) is 7.38. The van der Waals surface area contributed by atoms with Gasteiger partial charge in [-0.1, -0.05) is 11.6 Å². The zero-order chi connectivity index (χ0) is 14.8. The average molecular weight is 322 g/mol. The fraction of sp³-hybridized carbons (Fsp3) is 0.333. The zero-order valence-electron chi connectivity index (χ0n) is 11.8. The van der Waals surface area contributed by atoms with Gasteiger partial charge >= 0.3 is 6.03 Å². The molecule has 0 aliphatic carbocycles. The van der Waals surface area contributed by atoms with E-state index in [2.05, 4.69) is 4.99 Å². The van der Waals surface area contributed by atoms with E-state index in [0.29, 0.717) is 9.82 Å². The fourth-order valence-electron chi connectivity index (χ4n) is 2.38. The summed E-state index contributed by atoms with van der Waals surface area (Å²) in [6.07, 6.45) is 4.13. The highest BCUT2D eigenvalue weighted by molar-refractivity contribution is 7.09. The molecule has 0 radical (unpaired) electrons. The summed E-state index contributed by atoms with van der Waals surface area (Å²) in [6.45, 7) is 3.64. The van der Waals surface area contributed by atoms with Gasteiger partial charge in [-0.05, 0) is 44.0 Å². The van der Waals surface area contributed by atoms with Gasteiger partial charge in [-0.15, -0.1) is 11.3 Å². The lowest BCUT2D eigenvalue weighted by molar-refractivity contribution is 0.218. The summed E-state index contributed by atoms with van der Waals surface area (Å²) in [7, 11) is 0. The molecule has 2 aromatic rings. The van der Waals surface area contributed by atoms with Gasteiger partial charge in [0, 0.05) is 34.9 Å². The van der Waals surface area contributed by atoms with Crippen LogP contribution >= 0.6 is 22.9 Å². The minimum absolute atomic E-state index is 0.142. The fourth-order valence-corrected chi connectivity index (χ4v) is 3.33. The molecule has 1 saturated heterocycles. The number of halogens is 1. The summed E-state index contributed by atoms with van der Waals surface area (Å²) < 4.78 is 1.93. The SMILES string of the molecule is Cc1cn(-c2ccc(Cl)cc2)/c(=N/C(=O)N2CCCC2)s1. The number of amides is 2. The van der Waals surface area contributed by atoms with Crippen LogP contribution in [-0.2, 0) is 0 Å². The molecule has 0 spiro atoms. The van der Waals surface area contributed by atoms with E-state index in [1.807, 2.05) is 42.0 Å². The number of aromatic nitrogens is 1. The first kappa shape index (κ1) is 14.4. The van der Waals surface area contributed by atoms with Crippen LogP contribution in [0, 0.1) is 6.92 Å². The predicted molar refractivity (Wildman–Crippen MR) is 85.2 cm³/mol. The minimum atomic E-state index is -0.142. The van der Waals surface area contributed by atoms with Crippen LogP contribution in [0.1, 0.15) is 17.7 Å². The quantitative estimate of drug-likeness (QED) is 0.790. The Morgan fingerprint density at radius 2 is 1.90 bits per heavy atom. The molecule has 0 unspecified atom stereocenters. The van der Waals surface area contributed by atoms with Crippen LogP contribution in [-0.4, -0.2) is 28.6 Å². The predicted octanol–water partition coefficient (Wildman–Crippen LogP) is 3.62. The highest BCUT2D eigenvalue weighted by atomic mass is 35.5. The number of benzene rings is 1.